The molecule has 29 heavy (non-hydrogen) atoms. The number of anilines is 2. The zero-order valence-corrected chi connectivity index (χ0v) is 17.2. The van der Waals surface area contributed by atoms with Crippen LogP contribution in [0.2, 0.25) is 0 Å². The van der Waals surface area contributed by atoms with Gasteiger partial charge >= 0.3 is 0 Å². The van der Waals surface area contributed by atoms with Crippen LogP contribution >= 0.6 is 0 Å². The van der Waals surface area contributed by atoms with Gasteiger partial charge < -0.3 is 20.0 Å². The zero-order chi connectivity index (χ0) is 19.9. The lowest BCUT2D eigenvalue weighted by Crippen LogP contribution is -2.52. The molecule has 4 rings (SSSR count). The highest BCUT2D eigenvalue weighted by Crippen LogP contribution is 2.19. The largest absolute Gasteiger partial charge is 0.357 e. The highest BCUT2D eigenvalue weighted by Gasteiger charge is 2.21. The van der Waals surface area contributed by atoms with Crippen molar-refractivity contribution in [2.45, 2.75) is 26.3 Å². The molecule has 2 aliphatic rings. The molecule has 0 amide bonds. The molecule has 2 saturated heterocycles. The lowest BCUT2D eigenvalue weighted by atomic mass is 10.2. The van der Waals surface area contributed by atoms with E-state index in [4.69, 9.17) is 4.99 Å². The smallest absolute Gasteiger partial charge is 0.225 e. The van der Waals surface area contributed by atoms with Gasteiger partial charge in [-0.3, -0.25) is 0 Å². The molecule has 0 bridgehead atoms. The first-order valence-corrected chi connectivity index (χ1v) is 10.6. The molecule has 2 aliphatic heterocycles. The summed E-state index contributed by atoms with van der Waals surface area (Å²) in [4.78, 5) is 25.1. The second kappa shape index (κ2) is 9.54. The first-order valence-electron chi connectivity index (χ1n) is 10.6. The van der Waals surface area contributed by atoms with Crippen molar-refractivity contribution in [2.24, 2.45) is 4.99 Å². The van der Waals surface area contributed by atoms with Crippen LogP contribution in [0.1, 0.15) is 25.3 Å². The minimum absolute atomic E-state index is 0.660. The van der Waals surface area contributed by atoms with E-state index in [0.717, 1.165) is 63.5 Å². The molecule has 2 aromatic heterocycles. The number of pyridine rings is 1. The van der Waals surface area contributed by atoms with E-state index in [1.54, 1.807) is 12.4 Å². The second-order valence-electron chi connectivity index (χ2n) is 7.41. The predicted octanol–water partition coefficient (Wildman–Crippen LogP) is 1.76. The summed E-state index contributed by atoms with van der Waals surface area (Å²) >= 11 is 0. The summed E-state index contributed by atoms with van der Waals surface area (Å²) in [7, 11) is 0. The zero-order valence-electron chi connectivity index (χ0n) is 17.2. The number of aromatic nitrogens is 3. The number of hydrogen-bond donors (Lipinski definition) is 1. The van der Waals surface area contributed by atoms with E-state index in [1.165, 1.54) is 18.4 Å². The lowest BCUT2D eigenvalue weighted by Gasteiger charge is -2.36. The van der Waals surface area contributed by atoms with E-state index in [0.29, 0.717) is 6.54 Å². The average molecular weight is 395 g/mol. The molecule has 1 N–H and O–H groups in total. The molecule has 0 atom stereocenters. The number of rotatable bonds is 5. The molecule has 0 aliphatic carbocycles. The number of piperazine rings is 1. The first kappa shape index (κ1) is 19.4. The fraction of sp³-hybridized carbons (Fsp3) is 0.524. The fourth-order valence-corrected chi connectivity index (χ4v) is 3.84. The average Bonchev–Trinajstić information content (AvgIpc) is 3.33. The van der Waals surface area contributed by atoms with Gasteiger partial charge in [-0.15, -0.1) is 0 Å². The van der Waals surface area contributed by atoms with Gasteiger partial charge in [-0.2, -0.15) is 0 Å². The van der Waals surface area contributed by atoms with Crippen molar-refractivity contribution in [3.8, 4) is 0 Å². The number of guanidine groups is 1. The number of hydrogen-bond acceptors (Lipinski definition) is 6. The summed E-state index contributed by atoms with van der Waals surface area (Å²) in [6.07, 6.45) is 8.02. The topological polar surface area (TPSA) is 72.8 Å². The Kier molecular flexibility index (Phi) is 6.38. The summed E-state index contributed by atoms with van der Waals surface area (Å²) < 4.78 is 0. The SMILES string of the molecule is CCNC(=NCc1ccnc(N2CCCC2)c1)N1CCN(c2ncccn2)CC1. The Hall–Kier alpha value is -2.90. The van der Waals surface area contributed by atoms with Crippen molar-refractivity contribution >= 4 is 17.7 Å². The van der Waals surface area contributed by atoms with Crippen LogP contribution < -0.4 is 15.1 Å². The van der Waals surface area contributed by atoms with Crippen LogP contribution in [0.5, 0.6) is 0 Å². The third-order valence-electron chi connectivity index (χ3n) is 5.40. The molecule has 154 valence electrons. The Morgan fingerprint density at radius 3 is 2.45 bits per heavy atom. The Morgan fingerprint density at radius 1 is 0.966 bits per heavy atom. The third kappa shape index (κ3) is 4.93. The van der Waals surface area contributed by atoms with Gasteiger partial charge in [0.05, 0.1) is 6.54 Å². The van der Waals surface area contributed by atoms with E-state index >= 15 is 0 Å². The second-order valence-corrected chi connectivity index (χ2v) is 7.41. The Morgan fingerprint density at radius 2 is 1.72 bits per heavy atom. The lowest BCUT2D eigenvalue weighted by molar-refractivity contribution is 0.370. The van der Waals surface area contributed by atoms with Gasteiger partial charge in [0.1, 0.15) is 5.82 Å². The molecule has 0 aromatic carbocycles. The van der Waals surface area contributed by atoms with Crippen molar-refractivity contribution in [3.63, 3.8) is 0 Å². The van der Waals surface area contributed by atoms with E-state index in [1.807, 2.05) is 12.3 Å². The van der Waals surface area contributed by atoms with Gasteiger partial charge in [0.2, 0.25) is 5.95 Å². The molecular formula is C21H30N8. The van der Waals surface area contributed by atoms with E-state index < -0.39 is 0 Å². The quantitative estimate of drug-likeness (QED) is 0.612. The van der Waals surface area contributed by atoms with Crippen LogP contribution in [0.25, 0.3) is 0 Å². The van der Waals surface area contributed by atoms with Crippen LogP contribution in [0.4, 0.5) is 11.8 Å². The number of nitrogens with zero attached hydrogens (tertiary/aromatic N) is 7. The van der Waals surface area contributed by atoms with Crippen molar-refractivity contribution in [1.82, 2.24) is 25.2 Å². The van der Waals surface area contributed by atoms with E-state index in [9.17, 15) is 0 Å². The maximum atomic E-state index is 4.91. The standard InChI is InChI=1S/C21H30N8/c1-2-22-20(28-12-14-29(15-13-28)21-24-7-5-8-25-21)26-17-18-6-9-23-19(16-18)27-10-3-4-11-27/h5-9,16H,2-4,10-15,17H2,1H3,(H,22,26). The van der Waals surface area contributed by atoms with Crippen molar-refractivity contribution in [3.05, 3.63) is 42.4 Å². The molecule has 0 saturated carbocycles. The monoisotopic (exact) mass is 394 g/mol. The predicted molar refractivity (Wildman–Crippen MR) is 116 cm³/mol. The van der Waals surface area contributed by atoms with Crippen LogP contribution in [0.3, 0.4) is 0 Å². The van der Waals surface area contributed by atoms with Crippen LogP contribution in [0, 0.1) is 0 Å². The van der Waals surface area contributed by atoms with Gasteiger partial charge in [-0.05, 0) is 43.5 Å². The Balaban J connectivity index is 1.39. The minimum atomic E-state index is 0.660. The molecule has 0 spiro atoms. The van der Waals surface area contributed by atoms with E-state index in [2.05, 4.69) is 54.0 Å². The minimum Gasteiger partial charge on any atom is -0.357 e. The molecule has 4 heterocycles. The van der Waals surface area contributed by atoms with Gasteiger partial charge in [0, 0.05) is 64.4 Å². The van der Waals surface area contributed by atoms with Crippen LogP contribution in [-0.2, 0) is 6.54 Å². The van der Waals surface area contributed by atoms with Gasteiger partial charge in [-0.1, -0.05) is 0 Å². The molecule has 2 aromatic rings. The molecule has 2 fully saturated rings. The summed E-state index contributed by atoms with van der Waals surface area (Å²) in [5.41, 5.74) is 1.20. The summed E-state index contributed by atoms with van der Waals surface area (Å²) in [5, 5.41) is 3.45. The normalized spacial score (nSPS) is 17.7. The summed E-state index contributed by atoms with van der Waals surface area (Å²) in [5.74, 6) is 2.86. The third-order valence-corrected chi connectivity index (χ3v) is 5.40. The number of aliphatic imine (C=N–C) groups is 1. The summed E-state index contributed by atoms with van der Waals surface area (Å²) in [6, 6.07) is 6.10. The summed E-state index contributed by atoms with van der Waals surface area (Å²) in [6.45, 7) is 9.44. The maximum Gasteiger partial charge on any atom is 0.225 e. The van der Waals surface area contributed by atoms with Gasteiger partial charge in [0.25, 0.3) is 0 Å². The van der Waals surface area contributed by atoms with Crippen molar-refractivity contribution in [1.29, 1.82) is 0 Å². The molecule has 0 unspecified atom stereocenters. The highest BCUT2D eigenvalue weighted by molar-refractivity contribution is 5.80. The van der Waals surface area contributed by atoms with Crippen LogP contribution in [0.15, 0.2) is 41.8 Å². The Labute approximate surface area is 172 Å². The molecule has 8 heteroatoms. The van der Waals surface area contributed by atoms with Crippen molar-refractivity contribution < 1.29 is 0 Å². The molecular weight excluding hydrogens is 364 g/mol. The maximum absolute atomic E-state index is 4.91. The molecule has 0 radical (unpaired) electrons. The fourth-order valence-electron chi connectivity index (χ4n) is 3.84. The van der Waals surface area contributed by atoms with Gasteiger partial charge in [0.15, 0.2) is 5.96 Å². The Bertz CT molecular complexity index is 795. The molecule has 8 nitrogen and oxygen atoms in total. The van der Waals surface area contributed by atoms with Crippen molar-refractivity contribution in [2.75, 3.05) is 55.6 Å². The number of nitrogens with one attached hydrogen (secondary N) is 1. The van der Waals surface area contributed by atoms with Gasteiger partial charge in [-0.25, -0.2) is 19.9 Å². The van der Waals surface area contributed by atoms with Crippen LogP contribution in [-0.4, -0.2) is 71.6 Å². The first-order chi connectivity index (χ1) is 14.3. The highest BCUT2D eigenvalue weighted by atomic mass is 15.4. The van der Waals surface area contributed by atoms with E-state index in [-0.39, 0.29) is 0 Å².